The van der Waals surface area contributed by atoms with E-state index in [1.54, 1.807) is 6.07 Å². The third-order valence-corrected chi connectivity index (χ3v) is 20.2. The van der Waals surface area contributed by atoms with Gasteiger partial charge in [-0.15, -0.1) is 0 Å². The van der Waals surface area contributed by atoms with Crippen LogP contribution in [0, 0.1) is 28.4 Å². The van der Waals surface area contributed by atoms with E-state index in [2.05, 4.69) is 76.9 Å². The van der Waals surface area contributed by atoms with Gasteiger partial charge >= 0.3 is 0 Å². The lowest BCUT2D eigenvalue weighted by Gasteiger charge is -2.58. The maximum absolute atomic E-state index is 14.8. The normalized spacial score (nSPS) is 25.2. The summed E-state index contributed by atoms with van der Waals surface area (Å²) in [5.41, 5.74) is 5.36. The van der Waals surface area contributed by atoms with Crippen LogP contribution in [0.25, 0.3) is 11.0 Å². The van der Waals surface area contributed by atoms with Gasteiger partial charge in [-0.3, -0.25) is 24.7 Å². The molecule has 8 heterocycles. The minimum Gasteiger partial charge on any atom is -0.479 e. The molecule has 20 nitrogen and oxygen atoms in total. The number of piperidine rings is 1. The average Bonchev–Trinajstić information content (AvgIpc) is 3.39. The Bertz CT molecular complexity index is 3570. The quantitative estimate of drug-likeness (QED) is 0.0624. The number of anilines is 4. The molecule has 3 atom stereocenters. The summed E-state index contributed by atoms with van der Waals surface area (Å²) in [5.74, 6) is 0.917. The summed E-state index contributed by atoms with van der Waals surface area (Å²) in [6, 6.07) is 24.4. The number of benzene rings is 3. The van der Waals surface area contributed by atoms with Gasteiger partial charge in [-0.25, -0.2) is 18.1 Å². The molecule has 13 rings (SSSR count). The monoisotopic (exact) mass is 1150 g/mol. The van der Waals surface area contributed by atoms with E-state index in [9.17, 15) is 28.4 Å². The lowest BCUT2D eigenvalue weighted by Crippen LogP contribution is -2.59. The number of fused-ring (bicyclic) bond motifs is 4. The standard InChI is InChI=1S/C62H74N10O10S/c1-39-7-5-6-8-46(39)53-36-68(35-41-27-54-59(65-34-41)80-38-60(2,3)82-54)24-25-70(53)44-31-62(32-44)19-22-69(23-20-62)43-9-11-47(50(29-43)71-49-16-26-79-37-55(49)81-58-52(71)28-42-15-21-63-56(42)66-58)57(73)67-83(77,78)45-10-12-48(51(30-45)72(75)76)64-33-40-13-17-61(4,74)18-14-40/h5-12,15,21,27-30,34,40,44,49,53,55,64,74H,13-14,16-20,22-26,31-33,35-38H2,1-4H3,(H,63,66)(H,67,73)/t40?,49-,53-,55-,61?/m0/s1. The van der Waals surface area contributed by atoms with E-state index < -0.39 is 48.7 Å². The SMILES string of the molecule is Cc1ccccc1[C@@H]1CN(Cc2cnc3c(c2)OC(C)(C)CO3)CCN1C1CC2(CCN(c3ccc(C(=O)NS(=O)(=O)c4ccc(NCC5CCC(C)(O)CC5)c([N+](=O)[O-])c4)c(N4c5cc6cc[nH]c6nc5O[C@H]5COCC[C@@H]54)c3)CC2)C1. The molecule has 0 unspecified atom stereocenters. The number of amides is 1. The van der Waals surface area contributed by atoms with Crippen LogP contribution in [0.4, 0.5) is 28.4 Å². The number of rotatable bonds is 13. The van der Waals surface area contributed by atoms with Crippen molar-refractivity contribution in [3.05, 3.63) is 124 Å². The molecule has 2 aliphatic carbocycles. The molecule has 7 aliphatic rings. The number of aliphatic hydroxyl groups is 1. The van der Waals surface area contributed by atoms with Crippen molar-refractivity contribution in [2.45, 2.75) is 132 Å². The van der Waals surface area contributed by atoms with Crippen molar-refractivity contribution in [2.24, 2.45) is 11.3 Å². The molecule has 6 aromatic rings. The number of carbonyl (C=O) groups is 1. The Morgan fingerprint density at radius 2 is 1.73 bits per heavy atom. The lowest BCUT2D eigenvalue weighted by atomic mass is 9.59. The number of pyridine rings is 2. The van der Waals surface area contributed by atoms with Gasteiger partial charge < -0.3 is 44.2 Å². The number of nitrogens with zero attached hydrogens (tertiary/aromatic N) is 7. The van der Waals surface area contributed by atoms with Gasteiger partial charge in [0.2, 0.25) is 5.88 Å². The van der Waals surface area contributed by atoms with Crippen molar-refractivity contribution in [3.8, 4) is 17.5 Å². The summed E-state index contributed by atoms with van der Waals surface area (Å²) in [7, 11) is -4.64. The molecule has 1 amide bonds. The number of hydrogen-bond acceptors (Lipinski definition) is 17. The smallest absolute Gasteiger partial charge is 0.293 e. The van der Waals surface area contributed by atoms with Gasteiger partial charge in [0, 0.05) is 94.0 Å². The molecule has 3 aromatic heterocycles. The number of hydrogen-bond donors (Lipinski definition) is 4. The molecule has 0 radical (unpaired) electrons. The Hall–Kier alpha value is -7.04. The third-order valence-electron chi connectivity index (χ3n) is 18.8. The Labute approximate surface area is 484 Å². The van der Waals surface area contributed by atoms with Crippen molar-refractivity contribution in [2.75, 3.05) is 74.2 Å². The van der Waals surface area contributed by atoms with E-state index in [1.165, 1.54) is 23.3 Å². The summed E-state index contributed by atoms with van der Waals surface area (Å²) in [4.78, 5) is 48.7. The van der Waals surface area contributed by atoms with Crippen LogP contribution >= 0.6 is 0 Å². The summed E-state index contributed by atoms with van der Waals surface area (Å²) < 4.78 is 55.5. The molecule has 21 heteroatoms. The molecule has 4 N–H and O–H groups in total. The number of piperazine rings is 1. The number of ether oxygens (including phenoxy) is 4. The highest BCUT2D eigenvalue weighted by atomic mass is 32.2. The Morgan fingerprint density at radius 3 is 2.53 bits per heavy atom. The van der Waals surface area contributed by atoms with Crippen LogP contribution < -0.4 is 34.0 Å². The molecular weight excluding hydrogens is 1080 g/mol. The van der Waals surface area contributed by atoms with Gasteiger partial charge in [-0.1, -0.05) is 24.3 Å². The fourth-order valence-electron chi connectivity index (χ4n) is 14.1. The number of H-pyrrole nitrogens is 1. The number of aromatic nitrogens is 3. The topological polar surface area (TPSA) is 230 Å². The van der Waals surface area contributed by atoms with Gasteiger partial charge in [-0.05, 0) is 162 Å². The first kappa shape index (κ1) is 55.2. The molecular formula is C62H74N10O10S. The molecule has 438 valence electrons. The Morgan fingerprint density at radius 1 is 0.928 bits per heavy atom. The molecule has 3 aromatic carbocycles. The average molecular weight is 1150 g/mol. The van der Waals surface area contributed by atoms with Gasteiger partial charge in [0.1, 0.15) is 35.3 Å². The van der Waals surface area contributed by atoms with Crippen molar-refractivity contribution in [3.63, 3.8) is 0 Å². The molecule has 1 spiro atoms. The number of carbonyl (C=O) groups excluding carboxylic acids is 1. The maximum Gasteiger partial charge on any atom is 0.293 e. The predicted molar refractivity (Wildman–Crippen MR) is 314 cm³/mol. The third kappa shape index (κ3) is 11.1. The van der Waals surface area contributed by atoms with Gasteiger partial charge in [-0.2, -0.15) is 4.98 Å². The molecule has 5 fully saturated rings. The largest absolute Gasteiger partial charge is 0.479 e. The van der Waals surface area contributed by atoms with Crippen molar-refractivity contribution in [1.29, 1.82) is 0 Å². The highest BCUT2D eigenvalue weighted by Gasteiger charge is 2.50. The summed E-state index contributed by atoms with van der Waals surface area (Å²) in [6.07, 6.45) is 10.9. The second kappa shape index (κ2) is 21.5. The predicted octanol–water partition coefficient (Wildman–Crippen LogP) is 9.19. The number of aryl methyl sites for hydroxylation is 1. The van der Waals surface area contributed by atoms with Crippen LogP contribution in [-0.2, 0) is 21.3 Å². The molecule has 0 bridgehead atoms. The van der Waals surface area contributed by atoms with Crippen LogP contribution in [0.5, 0.6) is 17.5 Å². The van der Waals surface area contributed by atoms with E-state index >= 15 is 0 Å². The molecule has 5 aliphatic heterocycles. The number of aromatic amines is 1. The first-order valence-electron chi connectivity index (χ1n) is 29.4. The number of nitrogens with one attached hydrogen (secondary N) is 3. The van der Waals surface area contributed by atoms with E-state index in [1.807, 2.05) is 57.4 Å². The minimum atomic E-state index is -4.64. The summed E-state index contributed by atoms with van der Waals surface area (Å²) >= 11 is 0. The van der Waals surface area contributed by atoms with Crippen molar-refractivity contribution in [1.82, 2.24) is 29.5 Å². The Balaban J connectivity index is 0.742. The van der Waals surface area contributed by atoms with E-state index in [4.69, 9.17) is 23.9 Å². The zero-order chi connectivity index (χ0) is 57.4. The van der Waals surface area contributed by atoms with Crippen LogP contribution in [0.15, 0.2) is 96.2 Å². The fourth-order valence-corrected chi connectivity index (χ4v) is 15.1. The highest BCUT2D eigenvalue weighted by Crippen LogP contribution is 2.54. The van der Waals surface area contributed by atoms with E-state index in [0.29, 0.717) is 86.2 Å². The summed E-state index contributed by atoms with van der Waals surface area (Å²) in [6.45, 7) is 14.9. The first-order valence-corrected chi connectivity index (χ1v) is 30.9. The van der Waals surface area contributed by atoms with Crippen LogP contribution in [0.2, 0.25) is 0 Å². The number of nitro groups is 1. The zero-order valence-electron chi connectivity index (χ0n) is 47.6. The molecule has 83 heavy (non-hydrogen) atoms. The van der Waals surface area contributed by atoms with Crippen LogP contribution in [0.3, 0.4) is 0 Å². The van der Waals surface area contributed by atoms with Gasteiger partial charge in [0.15, 0.2) is 5.75 Å². The van der Waals surface area contributed by atoms with Gasteiger partial charge in [0.05, 0.1) is 39.3 Å². The van der Waals surface area contributed by atoms with Gasteiger partial charge in [0.25, 0.3) is 27.5 Å². The number of nitro benzene ring substituents is 1. The second-order valence-corrected chi connectivity index (χ2v) is 27.0. The molecule has 2 saturated carbocycles. The lowest BCUT2D eigenvalue weighted by molar-refractivity contribution is -0.384. The van der Waals surface area contributed by atoms with Crippen LogP contribution in [0.1, 0.15) is 112 Å². The maximum atomic E-state index is 14.8. The highest BCUT2D eigenvalue weighted by molar-refractivity contribution is 7.90. The first-order chi connectivity index (χ1) is 39.9. The van der Waals surface area contributed by atoms with E-state index in [0.717, 1.165) is 100 Å². The van der Waals surface area contributed by atoms with Crippen molar-refractivity contribution < 1.29 is 42.2 Å². The molecule has 3 saturated heterocycles. The Kier molecular flexibility index (Phi) is 14.3. The zero-order valence-corrected chi connectivity index (χ0v) is 48.5. The second-order valence-electron chi connectivity index (χ2n) is 25.3. The van der Waals surface area contributed by atoms with Crippen LogP contribution in [-0.4, -0.2) is 138 Å². The summed E-state index contributed by atoms with van der Waals surface area (Å²) in [5, 5.41) is 26.9. The number of sulfonamides is 1. The van der Waals surface area contributed by atoms with Crippen molar-refractivity contribution >= 4 is 55.4 Å². The fraction of sp³-hybridized carbons (Fsp3) is 0.500. The minimum absolute atomic E-state index is 0.106. The van der Waals surface area contributed by atoms with E-state index in [-0.39, 0.29) is 34.7 Å².